The van der Waals surface area contributed by atoms with Gasteiger partial charge in [0.15, 0.2) is 0 Å². The fourth-order valence-corrected chi connectivity index (χ4v) is 1.35. The molecule has 0 fully saturated rings. The molecule has 0 spiro atoms. The molecule has 0 bridgehead atoms. The van der Waals surface area contributed by atoms with Crippen molar-refractivity contribution in [2.24, 2.45) is 0 Å². The maximum Gasteiger partial charge on any atom is 0.339 e. The lowest BCUT2D eigenvalue weighted by atomic mass is 10.2. The lowest BCUT2D eigenvalue weighted by molar-refractivity contribution is -0.119. The van der Waals surface area contributed by atoms with Crippen molar-refractivity contribution in [1.29, 1.82) is 0 Å². The van der Waals surface area contributed by atoms with Crippen LogP contribution in [0.2, 0.25) is 0 Å². The van der Waals surface area contributed by atoms with Crippen molar-refractivity contribution in [3.05, 3.63) is 42.5 Å². The Bertz CT molecular complexity index is 444. The van der Waals surface area contributed by atoms with Gasteiger partial charge in [-0.3, -0.25) is 4.79 Å². The van der Waals surface area contributed by atoms with Gasteiger partial charge in [-0.15, -0.1) is 6.58 Å². The van der Waals surface area contributed by atoms with Crippen molar-refractivity contribution in [2.45, 2.75) is 0 Å². The fourth-order valence-electron chi connectivity index (χ4n) is 1.35. The molecule has 5 nitrogen and oxygen atoms in total. The van der Waals surface area contributed by atoms with Crippen LogP contribution >= 0.6 is 0 Å². The highest BCUT2D eigenvalue weighted by Crippen LogP contribution is 2.15. The van der Waals surface area contributed by atoms with E-state index >= 15 is 0 Å². The van der Waals surface area contributed by atoms with Crippen molar-refractivity contribution >= 4 is 17.6 Å². The van der Waals surface area contributed by atoms with Crippen molar-refractivity contribution in [1.82, 2.24) is 5.32 Å². The number of nitrogens with one attached hydrogen (secondary N) is 2. The van der Waals surface area contributed by atoms with Crippen LogP contribution in [-0.2, 0) is 9.53 Å². The van der Waals surface area contributed by atoms with E-state index < -0.39 is 5.97 Å². The van der Waals surface area contributed by atoms with Crippen LogP contribution in [0.1, 0.15) is 10.4 Å². The average molecular weight is 248 g/mol. The van der Waals surface area contributed by atoms with Crippen molar-refractivity contribution < 1.29 is 14.3 Å². The van der Waals surface area contributed by atoms with E-state index in [1.54, 1.807) is 30.3 Å². The summed E-state index contributed by atoms with van der Waals surface area (Å²) in [7, 11) is 1.32. The molecule has 0 aliphatic heterocycles. The molecular formula is C13H16N2O3. The second-order valence-electron chi connectivity index (χ2n) is 3.48. The van der Waals surface area contributed by atoms with Crippen molar-refractivity contribution in [2.75, 3.05) is 25.5 Å². The molecular weight excluding hydrogens is 232 g/mol. The minimum absolute atomic E-state index is 0.0852. The van der Waals surface area contributed by atoms with Gasteiger partial charge in [-0.2, -0.15) is 0 Å². The summed E-state index contributed by atoms with van der Waals surface area (Å²) in [5.74, 6) is -0.612. The van der Waals surface area contributed by atoms with Crippen LogP contribution in [0.5, 0.6) is 0 Å². The molecule has 0 atom stereocenters. The molecule has 0 aromatic heterocycles. The molecule has 1 amide bonds. The number of carbonyl (C=O) groups excluding carboxylic acids is 2. The summed E-state index contributed by atoms with van der Waals surface area (Å²) < 4.78 is 4.66. The first kappa shape index (κ1) is 13.8. The molecule has 2 N–H and O–H groups in total. The first-order chi connectivity index (χ1) is 8.69. The third kappa shape index (κ3) is 3.93. The molecule has 0 heterocycles. The number of anilines is 1. The van der Waals surface area contributed by atoms with Gasteiger partial charge < -0.3 is 15.4 Å². The molecule has 96 valence electrons. The Morgan fingerprint density at radius 2 is 2.11 bits per heavy atom. The zero-order valence-electron chi connectivity index (χ0n) is 10.2. The standard InChI is InChI=1S/C13H16N2O3/c1-3-8-14-12(16)9-15-11-7-5-4-6-10(11)13(17)18-2/h3-7,15H,1,8-9H2,2H3,(H,14,16). The highest BCUT2D eigenvalue weighted by atomic mass is 16.5. The summed E-state index contributed by atoms with van der Waals surface area (Å²) in [5, 5.41) is 5.52. The van der Waals surface area contributed by atoms with Gasteiger partial charge in [0.1, 0.15) is 0 Å². The van der Waals surface area contributed by atoms with E-state index in [4.69, 9.17) is 0 Å². The average Bonchev–Trinajstić information content (AvgIpc) is 2.42. The van der Waals surface area contributed by atoms with Crippen LogP contribution < -0.4 is 10.6 Å². The number of hydrogen-bond acceptors (Lipinski definition) is 4. The Labute approximate surface area is 106 Å². The Hall–Kier alpha value is -2.30. The van der Waals surface area contributed by atoms with Gasteiger partial charge in [0.25, 0.3) is 0 Å². The first-order valence-electron chi connectivity index (χ1n) is 5.48. The predicted molar refractivity (Wildman–Crippen MR) is 69.5 cm³/mol. The second-order valence-corrected chi connectivity index (χ2v) is 3.48. The summed E-state index contributed by atoms with van der Waals surface area (Å²) in [6.07, 6.45) is 1.60. The fraction of sp³-hybridized carbons (Fsp3) is 0.231. The summed E-state index contributed by atoms with van der Waals surface area (Å²) in [4.78, 5) is 22.9. The van der Waals surface area contributed by atoms with E-state index in [-0.39, 0.29) is 12.5 Å². The van der Waals surface area contributed by atoms with Gasteiger partial charge in [0, 0.05) is 12.2 Å². The molecule has 18 heavy (non-hydrogen) atoms. The molecule has 1 aromatic rings. The van der Waals surface area contributed by atoms with Gasteiger partial charge in [0.2, 0.25) is 5.91 Å². The number of para-hydroxylation sites is 1. The van der Waals surface area contributed by atoms with Crippen LogP contribution in [0.15, 0.2) is 36.9 Å². The third-order valence-electron chi connectivity index (χ3n) is 2.22. The first-order valence-corrected chi connectivity index (χ1v) is 5.48. The van der Waals surface area contributed by atoms with E-state index in [9.17, 15) is 9.59 Å². The SMILES string of the molecule is C=CCNC(=O)CNc1ccccc1C(=O)OC. The number of hydrogen-bond donors (Lipinski definition) is 2. The number of esters is 1. The molecule has 1 aromatic carbocycles. The molecule has 0 saturated heterocycles. The van der Waals surface area contributed by atoms with Crippen LogP contribution in [0.4, 0.5) is 5.69 Å². The Morgan fingerprint density at radius 3 is 2.78 bits per heavy atom. The summed E-state index contributed by atoms with van der Waals surface area (Å²) in [6, 6.07) is 6.86. The van der Waals surface area contributed by atoms with Gasteiger partial charge in [-0.1, -0.05) is 18.2 Å². The van der Waals surface area contributed by atoms with E-state index in [2.05, 4.69) is 21.9 Å². The van der Waals surface area contributed by atoms with E-state index in [0.717, 1.165) is 0 Å². The van der Waals surface area contributed by atoms with Gasteiger partial charge in [-0.25, -0.2) is 4.79 Å². The van der Waals surface area contributed by atoms with Gasteiger partial charge >= 0.3 is 5.97 Å². The Balaban J connectivity index is 2.64. The van der Waals surface area contributed by atoms with E-state index in [1.807, 2.05) is 0 Å². The number of rotatable bonds is 6. The zero-order chi connectivity index (χ0) is 13.4. The highest BCUT2D eigenvalue weighted by molar-refractivity contribution is 5.96. The maximum atomic E-state index is 11.5. The Kier molecular flexibility index (Phi) is 5.44. The summed E-state index contributed by atoms with van der Waals surface area (Å²) >= 11 is 0. The summed E-state index contributed by atoms with van der Waals surface area (Å²) in [5.41, 5.74) is 0.967. The molecule has 0 aliphatic rings. The minimum Gasteiger partial charge on any atom is -0.465 e. The van der Waals surface area contributed by atoms with Crippen LogP contribution in [0, 0.1) is 0 Å². The monoisotopic (exact) mass is 248 g/mol. The normalized spacial score (nSPS) is 9.39. The number of methoxy groups -OCH3 is 1. The number of amides is 1. The number of ether oxygens (including phenoxy) is 1. The predicted octanol–water partition coefficient (Wildman–Crippen LogP) is 1.19. The largest absolute Gasteiger partial charge is 0.465 e. The highest BCUT2D eigenvalue weighted by Gasteiger charge is 2.11. The van der Waals surface area contributed by atoms with Gasteiger partial charge in [-0.05, 0) is 12.1 Å². The zero-order valence-corrected chi connectivity index (χ0v) is 10.2. The second kappa shape index (κ2) is 7.11. The molecule has 1 rings (SSSR count). The number of carbonyl (C=O) groups is 2. The van der Waals surface area contributed by atoms with E-state index in [1.165, 1.54) is 7.11 Å². The summed E-state index contributed by atoms with van der Waals surface area (Å²) in [6.45, 7) is 4.00. The topological polar surface area (TPSA) is 67.4 Å². The van der Waals surface area contributed by atoms with Crippen LogP contribution in [0.3, 0.4) is 0 Å². The smallest absolute Gasteiger partial charge is 0.339 e. The molecule has 0 aliphatic carbocycles. The maximum absolute atomic E-state index is 11.5. The van der Waals surface area contributed by atoms with Crippen molar-refractivity contribution in [3.8, 4) is 0 Å². The molecule has 0 saturated carbocycles. The van der Waals surface area contributed by atoms with Crippen LogP contribution in [0.25, 0.3) is 0 Å². The third-order valence-corrected chi connectivity index (χ3v) is 2.22. The van der Waals surface area contributed by atoms with Crippen molar-refractivity contribution in [3.63, 3.8) is 0 Å². The quantitative estimate of drug-likeness (QED) is 0.586. The van der Waals surface area contributed by atoms with Gasteiger partial charge in [0.05, 0.1) is 19.2 Å². The molecule has 0 radical (unpaired) electrons. The Morgan fingerprint density at radius 1 is 1.39 bits per heavy atom. The lowest BCUT2D eigenvalue weighted by Gasteiger charge is -2.10. The molecule has 0 unspecified atom stereocenters. The minimum atomic E-state index is -0.440. The number of benzene rings is 1. The van der Waals surface area contributed by atoms with Crippen LogP contribution in [-0.4, -0.2) is 32.1 Å². The lowest BCUT2D eigenvalue weighted by Crippen LogP contribution is -2.30. The molecule has 5 heteroatoms. The van der Waals surface area contributed by atoms with E-state index in [0.29, 0.717) is 17.8 Å².